The molecular formula is C16H20N2OS. The predicted molar refractivity (Wildman–Crippen MR) is 83.6 cm³/mol. The van der Waals surface area contributed by atoms with Gasteiger partial charge in [-0.3, -0.25) is 4.79 Å². The summed E-state index contributed by atoms with van der Waals surface area (Å²) >= 11 is 1.66. The second-order valence-corrected chi connectivity index (χ2v) is 5.76. The van der Waals surface area contributed by atoms with Crippen LogP contribution in [0.25, 0.3) is 0 Å². The first-order valence-corrected chi connectivity index (χ1v) is 7.72. The van der Waals surface area contributed by atoms with Gasteiger partial charge in [0.25, 0.3) is 0 Å². The molecule has 0 saturated heterocycles. The molecule has 2 rings (SSSR count). The first kappa shape index (κ1) is 14.8. The molecule has 20 heavy (non-hydrogen) atoms. The predicted octanol–water partition coefficient (Wildman–Crippen LogP) is 2.89. The number of carbonyl (C=O) groups is 1. The summed E-state index contributed by atoms with van der Waals surface area (Å²) in [6, 6.07) is 13.4. The van der Waals surface area contributed by atoms with Crippen LogP contribution in [0.5, 0.6) is 0 Å². The summed E-state index contributed by atoms with van der Waals surface area (Å²) in [6.07, 6.45) is 1.43. The van der Waals surface area contributed by atoms with Crippen LogP contribution in [0.2, 0.25) is 0 Å². The first-order chi connectivity index (χ1) is 9.70. The van der Waals surface area contributed by atoms with E-state index in [0.717, 1.165) is 12.0 Å². The highest BCUT2D eigenvalue weighted by atomic mass is 32.1. The number of hydrogen-bond acceptors (Lipinski definition) is 3. The molecule has 3 N–H and O–H groups in total. The standard InChI is InChI=1S/C16H20N2OS/c1-2-14(15-9-6-10-20-15)18-16(19)13(17)11-12-7-4-3-5-8-12/h3-10,13-14H,2,11,17H2,1H3,(H,18,19)/t13-,14?/m0/s1. The van der Waals surface area contributed by atoms with Crippen LogP contribution in [-0.2, 0) is 11.2 Å². The number of benzene rings is 1. The molecule has 1 amide bonds. The Labute approximate surface area is 123 Å². The molecule has 0 aliphatic rings. The van der Waals surface area contributed by atoms with E-state index in [2.05, 4.69) is 12.2 Å². The van der Waals surface area contributed by atoms with Gasteiger partial charge in [0.2, 0.25) is 5.91 Å². The minimum atomic E-state index is -0.508. The largest absolute Gasteiger partial charge is 0.347 e. The van der Waals surface area contributed by atoms with E-state index in [4.69, 9.17) is 5.73 Å². The average molecular weight is 288 g/mol. The second kappa shape index (κ2) is 7.22. The summed E-state index contributed by atoms with van der Waals surface area (Å²) in [5.74, 6) is -0.0888. The Balaban J connectivity index is 1.93. The average Bonchev–Trinajstić information content (AvgIpc) is 2.99. The van der Waals surface area contributed by atoms with E-state index < -0.39 is 6.04 Å². The summed E-state index contributed by atoms with van der Waals surface area (Å²) < 4.78 is 0. The summed E-state index contributed by atoms with van der Waals surface area (Å²) in [6.45, 7) is 2.06. The minimum absolute atomic E-state index is 0.0596. The van der Waals surface area contributed by atoms with Crippen molar-refractivity contribution in [3.05, 3.63) is 58.3 Å². The van der Waals surface area contributed by atoms with Crippen molar-refractivity contribution in [3.8, 4) is 0 Å². The monoisotopic (exact) mass is 288 g/mol. The Hall–Kier alpha value is -1.65. The van der Waals surface area contributed by atoms with Gasteiger partial charge < -0.3 is 11.1 Å². The van der Waals surface area contributed by atoms with Gasteiger partial charge in [-0.2, -0.15) is 0 Å². The Morgan fingerprint density at radius 2 is 2.00 bits per heavy atom. The molecule has 1 aromatic carbocycles. The van der Waals surface area contributed by atoms with E-state index in [1.165, 1.54) is 4.88 Å². The Morgan fingerprint density at radius 3 is 2.60 bits per heavy atom. The quantitative estimate of drug-likeness (QED) is 0.858. The van der Waals surface area contributed by atoms with Crippen molar-refractivity contribution in [1.29, 1.82) is 0 Å². The van der Waals surface area contributed by atoms with E-state index in [1.54, 1.807) is 11.3 Å². The van der Waals surface area contributed by atoms with E-state index in [-0.39, 0.29) is 11.9 Å². The maximum Gasteiger partial charge on any atom is 0.237 e. The number of rotatable bonds is 6. The first-order valence-electron chi connectivity index (χ1n) is 6.84. The number of hydrogen-bond donors (Lipinski definition) is 2. The summed E-state index contributed by atoms with van der Waals surface area (Å²) in [4.78, 5) is 13.4. The van der Waals surface area contributed by atoms with Crippen molar-refractivity contribution in [1.82, 2.24) is 5.32 Å². The Bertz CT molecular complexity index is 525. The van der Waals surface area contributed by atoms with Crippen molar-refractivity contribution >= 4 is 17.2 Å². The van der Waals surface area contributed by atoms with E-state index in [1.807, 2.05) is 47.8 Å². The molecule has 0 radical (unpaired) electrons. The number of amides is 1. The summed E-state index contributed by atoms with van der Waals surface area (Å²) in [5, 5.41) is 5.06. The molecular weight excluding hydrogens is 268 g/mol. The molecule has 2 atom stereocenters. The number of nitrogens with two attached hydrogens (primary N) is 1. The lowest BCUT2D eigenvalue weighted by atomic mass is 10.1. The van der Waals surface area contributed by atoms with Crippen molar-refractivity contribution < 1.29 is 4.79 Å². The van der Waals surface area contributed by atoms with Crippen molar-refractivity contribution in [2.75, 3.05) is 0 Å². The third kappa shape index (κ3) is 3.92. The molecule has 0 spiro atoms. The van der Waals surface area contributed by atoms with Gasteiger partial charge in [0, 0.05) is 4.88 Å². The van der Waals surface area contributed by atoms with Crippen LogP contribution in [0, 0.1) is 0 Å². The van der Waals surface area contributed by atoms with Gasteiger partial charge in [-0.05, 0) is 29.9 Å². The van der Waals surface area contributed by atoms with Gasteiger partial charge >= 0.3 is 0 Å². The van der Waals surface area contributed by atoms with E-state index in [0.29, 0.717) is 6.42 Å². The highest BCUT2D eigenvalue weighted by Gasteiger charge is 2.19. The number of carbonyl (C=O) groups excluding carboxylic acids is 1. The minimum Gasteiger partial charge on any atom is -0.347 e. The Kier molecular flexibility index (Phi) is 5.32. The van der Waals surface area contributed by atoms with Gasteiger partial charge in [-0.15, -0.1) is 11.3 Å². The molecule has 0 saturated carbocycles. The second-order valence-electron chi connectivity index (χ2n) is 4.78. The maximum absolute atomic E-state index is 12.2. The number of nitrogens with one attached hydrogen (secondary N) is 1. The van der Waals surface area contributed by atoms with Crippen molar-refractivity contribution in [2.24, 2.45) is 5.73 Å². The zero-order chi connectivity index (χ0) is 14.4. The number of thiophene rings is 1. The molecule has 0 bridgehead atoms. The third-order valence-corrected chi connectivity index (χ3v) is 4.23. The van der Waals surface area contributed by atoms with Crippen LogP contribution in [0.4, 0.5) is 0 Å². The van der Waals surface area contributed by atoms with Crippen LogP contribution in [-0.4, -0.2) is 11.9 Å². The molecule has 1 aromatic heterocycles. The van der Waals surface area contributed by atoms with E-state index in [9.17, 15) is 4.79 Å². The van der Waals surface area contributed by atoms with Gasteiger partial charge in [-0.25, -0.2) is 0 Å². The van der Waals surface area contributed by atoms with Crippen LogP contribution in [0.1, 0.15) is 29.8 Å². The SMILES string of the molecule is CCC(NC(=O)[C@@H](N)Cc1ccccc1)c1cccs1. The maximum atomic E-state index is 12.2. The Morgan fingerprint density at radius 1 is 1.25 bits per heavy atom. The van der Waals surface area contributed by atoms with Gasteiger partial charge in [0.1, 0.15) is 0 Å². The van der Waals surface area contributed by atoms with Gasteiger partial charge in [0.15, 0.2) is 0 Å². The van der Waals surface area contributed by atoms with Crippen LogP contribution < -0.4 is 11.1 Å². The fourth-order valence-electron chi connectivity index (χ4n) is 2.10. The van der Waals surface area contributed by atoms with E-state index >= 15 is 0 Å². The smallest absolute Gasteiger partial charge is 0.237 e. The molecule has 2 aromatic rings. The molecule has 4 heteroatoms. The zero-order valence-electron chi connectivity index (χ0n) is 11.6. The van der Waals surface area contributed by atoms with Crippen LogP contribution in [0.3, 0.4) is 0 Å². The van der Waals surface area contributed by atoms with Gasteiger partial charge in [0.05, 0.1) is 12.1 Å². The molecule has 1 unspecified atom stereocenters. The normalized spacial score (nSPS) is 13.7. The lowest BCUT2D eigenvalue weighted by Gasteiger charge is -2.19. The summed E-state index contributed by atoms with van der Waals surface area (Å²) in [7, 11) is 0. The summed E-state index contributed by atoms with van der Waals surface area (Å²) in [5.41, 5.74) is 7.08. The highest BCUT2D eigenvalue weighted by Crippen LogP contribution is 2.21. The zero-order valence-corrected chi connectivity index (χ0v) is 12.4. The molecule has 106 valence electrons. The van der Waals surface area contributed by atoms with Crippen molar-refractivity contribution in [3.63, 3.8) is 0 Å². The highest BCUT2D eigenvalue weighted by molar-refractivity contribution is 7.10. The lowest BCUT2D eigenvalue weighted by Crippen LogP contribution is -2.43. The fourth-order valence-corrected chi connectivity index (χ4v) is 2.96. The third-order valence-electron chi connectivity index (χ3n) is 3.25. The molecule has 3 nitrogen and oxygen atoms in total. The van der Waals surface area contributed by atoms with Crippen LogP contribution >= 0.6 is 11.3 Å². The molecule has 0 fully saturated rings. The van der Waals surface area contributed by atoms with Crippen molar-refractivity contribution in [2.45, 2.75) is 31.8 Å². The molecule has 1 heterocycles. The molecule has 0 aliphatic carbocycles. The lowest BCUT2D eigenvalue weighted by molar-refractivity contribution is -0.123. The topological polar surface area (TPSA) is 55.1 Å². The van der Waals surface area contributed by atoms with Crippen LogP contribution in [0.15, 0.2) is 47.8 Å². The van der Waals surface area contributed by atoms with Gasteiger partial charge in [-0.1, -0.05) is 43.3 Å². The fraction of sp³-hybridized carbons (Fsp3) is 0.312. The molecule has 0 aliphatic heterocycles.